The van der Waals surface area contributed by atoms with Gasteiger partial charge in [0, 0.05) is 30.9 Å². The Balaban J connectivity index is 1.73. The molecule has 1 aliphatic heterocycles. The number of anilines is 1. The molecule has 1 heterocycles. The maximum atomic E-state index is 13.8. The summed E-state index contributed by atoms with van der Waals surface area (Å²) >= 11 is 0. The number of halogens is 2. The number of carbonyl (C=O) groups excluding carboxylic acids is 1. The van der Waals surface area contributed by atoms with Gasteiger partial charge in [0.1, 0.15) is 11.6 Å². The Kier molecular flexibility index (Phi) is 4.39. The zero-order valence-corrected chi connectivity index (χ0v) is 12.9. The van der Waals surface area contributed by atoms with Crippen LogP contribution in [0, 0.1) is 11.6 Å². The van der Waals surface area contributed by atoms with Gasteiger partial charge in [0.05, 0.1) is 6.04 Å². The number of carbonyl (C=O) groups is 1. The summed E-state index contributed by atoms with van der Waals surface area (Å²) in [6.07, 6.45) is 0. The van der Waals surface area contributed by atoms with Crippen LogP contribution in [-0.4, -0.2) is 29.9 Å². The standard InChI is InChI=1S/C18H18F2N2O/c1-13-18(23)22(16-8-6-15(19)7-9-16)11-10-21(13)12-14-4-2-3-5-17(14)20/h2-9,13H,10-12H2,1H3/t13-/m1/s1. The second-order valence-corrected chi connectivity index (χ2v) is 5.70. The van der Waals surface area contributed by atoms with Crippen LogP contribution >= 0.6 is 0 Å². The molecule has 2 aromatic rings. The van der Waals surface area contributed by atoms with Crippen molar-refractivity contribution in [3.05, 3.63) is 65.7 Å². The number of amides is 1. The minimum Gasteiger partial charge on any atom is -0.310 e. The van der Waals surface area contributed by atoms with Crippen molar-refractivity contribution in [1.82, 2.24) is 4.90 Å². The molecule has 0 N–H and O–H groups in total. The maximum Gasteiger partial charge on any atom is 0.244 e. The van der Waals surface area contributed by atoms with E-state index in [9.17, 15) is 13.6 Å². The molecule has 0 aromatic heterocycles. The van der Waals surface area contributed by atoms with Crippen molar-refractivity contribution >= 4 is 11.6 Å². The van der Waals surface area contributed by atoms with E-state index in [1.54, 1.807) is 35.2 Å². The van der Waals surface area contributed by atoms with Crippen LogP contribution in [0.4, 0.5) is 14.5 Å². The van der Waals surface area contributed by atoms with Crippen LogP contribution in [0.2, 0.25) is 0 Å². The Labute approximate surface area is 134 Å². The summed E-state index contributed by atoms with van der Waals surface area (Å²) in [4.78, 5) is 16.2. The molecule has 5 heteroatoms. The molecule has 0 aliphatic carbocycles. The summed E-state index contributed by atoms with van der Waals surface area (Å²) < 4.78 is 26.8. The molecule has 1 amide bonds. The average molecular weight is 316 g/mol. The van der Waals surface area contributed by atoms with Gasteiger partial charge in [0.2, 0.25) is 5.91 Å². The van der Waals surface area contributed by atoms with Crippen molar-refractivity contribution in [2.45, 2.75) is 19.5 Å². The summed E-state index contributed by atoms with van der Waals surface area (Å²) in [5, 5.41) is 0. The minimum absolute atomic E-state index is 0.0563. The van der Waals surface area contributed by atoms with E-state index in [4.69, 9.17) is 0 Å². The van der Waals surface area contributed by atoms with Gasteiger partial charge in [-0.05, 0) is 37.3 Å². The Morgan fingerprint density at radius 3 is 2.43 bits per heavy atom. The normalized spacial score (nSPS) is 19.2. The highest BCUT2D eigenvalue weighted by Gasteiger charge is 2.32. The van der Waals surface area contributed by atoms with E-state index in [2.05, 4.69) is 0 Å². The molecular formula is C18H18F2N2O. The van der Waals surface area contributed by atoms with Gasteiger partial charge in [-0.15, -0.1) is 0 Å². The van der Waals surface area contributed by atoms with E-state index in [0.29, 0.717) is 30.9 Å². The summed E-state index contributed by atoms with van der Waals surface area (Å²) in [5.74, 6) is -0.639. The molecule has 1 aliphatic rings. The molecule has 0 unspecified atom stereocenters. The van der Waals surface area contributed by atoms with Crippen molar-refractivity contribution in [3.63, 3.8) is 0 Å². The van der Waals surface area contributed by atoms with Gasteiger partial charge in [-0.2, -0.15) is 0 Å². The van der Waals surface area contributed by atoms with E-state index >= 15 is 0 Å². The Hall–Kier alpha value is -2.27. The molecule has 0 saturated carbocycles. The maximum absolute atomic E-state index is 13.8. The van der Waals surface area contributed by atoms with Gasteiger partial charge < -0.3 is 4.90 Å². The molecule has 0 spiro atoms. The van der Waals surface area contributed by atoms with Crippen molar-refractivity contribution in [2.24, 2.45) is 0 Å². The van der Waals surface area contributed by atoms with Crippen LogP contribution in [0.25, 0.3) is 0 Å². The predicted octanol–water partition coefficient (Wildman–Crippen LogP) is 3.20. The Bertz CT molecular complexity index is 702. The third kappa shape index (κ3) is 3.24. The summed E-state index contributed by atoms with van der Waals surface area (Å²) in [6.45, 7) is 3.36. The van der Waals surface area contributed by atoms with E-state index < -0.39 is 0 Å². The predicted molar refractivity (Wildman–Crippen MR) is 85.0 cm³/mol. The molecule has 2 aromatic carbocycles. The largest absolute Gasteiger partial charge is 0.310 e. The fraction of sp³-hybridized carbons (Fsp3) is 0.278. The first kappa shape index (κ1) is 15.6. The summed E-state index contributed by atoms with van der Waals surface area (Å²) in [5.41, 5.74) is 1.27. The minimum atomic E-state index is -0.353. The van der Waals surface area contributed by atoms with Crippen LogP contribution in [0.5, 0.6) is 0 Å². The molecule has 3 nitrogen and oxygen atoms in total. The lowest BCUT2D eigenvalue weighted by Gasteiger charge is -2.39. The van der Waals surface area contributed by atoms with Crippen molar-refractivity contribution in [3.8, 4) is 0 Å². The summed E-state index contributed by atoms with van der Waals surface area (Å²) in [7, 11) is 0. The lowest BCUT2D eigenvalue weighted by Crippen LogP contribution is -2.55. The first-order chi connectivity index (χ1) is 11.1. The zero-order valence-electron chi connectivity index (χ0n) is 12.9. The number of piperazine rings is 1. The molecule has 1 atom stereocenters. The molecule has 23 heavy (non-hydrogen) atoms. The number of rotatable bonds is 3. The van der Waals surface area contributed by atoms with E-state index in [-0.39, 0.29) is 23.6 Å². The van der Waals surface area contributed by atoms with E-state index in [1.165, 1.54) is 18.2 Å². The highest BCUT2D eigenvalue weighted by atomic mass is 19.1. The third-order valence-electron chi connectivity index (χ3n) is 4.25. The number of nitrogens with zero attached hydrogens (tertiary/aromatic N) is 2. The van der Waals surface area contributed by atoms with Gasteiger partial charge in [-0.25, -0.2) is 8.78 Å². The van der Waals surface area contributed by atoms with Crippen molar-refractivity contribution in [2.75, 3.05) is 18.0 Å². The Morgan fingerprint density at radius 2 is 1.74 bits per heavy atom. The van der Waals surface area contributed by atoms with Gasteiger partial charge >= 0.3 is 0 Å². The molecule has 0 bridgehead atoms. The van der Waals surface area contributed by atoms with E-state index in [1.807, 2.05) is 11.8 Å². The van der Waals surface area contributed by atoms with Crippen LogP contribution in [0.1, 0.15) is 12.5 Å². The molecule has 1 fully saturated rings. The number of hydrogen-bond donors (Lipinski definition) is 0. The van der Waals surface area contributed by atoms with Crippen molar-refractivity contribution in [1.29, 1.82) is 0 Å². The monoisotopic (exact) mass is 316 g/mol. The third-order valence-corrected chi connectivity index (χ3v) is 4.25. The first-order valence-corrected chi connectivity index (χ1v) is 7.60. The molecule has 3 rings (SSSR count). The Morgan fingerprint density at radius 1 is 1.04 bits per heavy atom. The van der Waals surface area contributed by atoms with Gasteiger partial charge in [0.15, 0.2) is 0 Å². The molecule has 1 saturated heterocycles. The van der Waals surface area contributed by atoms with Gasteiger partial charge in [-0.1, -0.05) is 18.2 Å². The van der Waals surface area contributed by atoms with Crippen LogP contribution in [0.3, 0.4) is 0 Å². The molecular weight excluding hydrogens is 298 g/mol. The highest BCUT2D eigenvalue weighted by Crippen LogP contribution is 2.22. The van der Waals surface area contributed by atoms with Gasteiger partial charge in [-0.3, -0.25) is 9.69 Å². The van der Waals surface area contributed by atoms with Crippen molar-refractivity contribution < 1.29 is 13.6 Å². The molecule has 120 valence electrons. The van der Waals surface area contributed by atoms with Gasteiger partial charge in [0.25, 0.3) is 0 Å². The molecule has 0 radical (unpaired) electrons. The number of hydrogen-bond acceptors (Lipinski definition) is 2. The summed E-state index contributed by atoms with van der Waals surface area (Å²) in [6, 6.07) is 12.2. The number of benzene rings is 2. The quantitative estimate of drug-likeness (QED) is 0.868. The second-order valence-electron chi connectivity index (χ2n) is 5.70. The highest BCUT2D eigenvalue weighted by molar-refractivity contribution is 5.97. The van der Waals surface area contributed by atoms with Crippen LogP contribution in [0.15, 0.2) is 48.5 Å². The lowest BCUT2D eigenvalue weighted by atomic mass is 10.1. The SMILES string of the molecule is C[C@@H]1C(=O)N(c2ccc(F)cc2)CCN1Cc1ccccc1F. The fourth-order valence-corrected chi connectivity index (χ4v) is 2.85. The average Bonchev–Trinajstić information content (AvgIpc) is 2.55. The second kappa shape index (κ2) is 6.46. The first-order valence-electron chi connectivity index (χ1n) is 7.60. The smallest absolute Gasteiger partial charge is 0.244 e. The van der Waals surface area contributed by atoms with Crippen LogP contribution < -0.4 is 4.90 Å². The topological polar surface area (TPSA) is 23.6 Å². The zero-order chi connectivity index (χ0) is 16.4. The lowest BCUT2D eigenvalue weighted by molar-refractivity contribution is -0.125. The van der Waals surface area contributed by atoms with E-state index in [0.717, 1.165) is 0 Å². The van der Waals surface area contributed by atoms with Crippen LogP contribution in [-0.2, 0) is 11.3 Å². The fourth-order valence-electron chi connectivity index (χ4n) is 2.85.